The molecule has 1 amide bonds. The van der Waals surface area contributed by atoms with E-state index in [1.807, 2.05) is 0 Å². The van der Waals surface area contributed by atoms with E-state index in [4.69, 9.17) is 16.9 Å². The number of ether oxygens (including phenoxy) is 1. The highest BCUT2D eigenvalue weighted by Crippen LogP contribution is 2.30. The highest BCUT2D eigenvalue weighted by Gasteiger charge is 2.41. The van der Waals surface area contributed by atoms with Gasteiger partial charge in [-0.3, -0.25) is 19.8 Å². The summed E-state index contributed by atoms with van der Waals surface area (Å²) in [5, 5.41) is 7.41. The number of hydrogen-bond acceptors (Lipinski definition) is 6. The van der Waals surface area contributed by atoms with Gasteiger partial charge in [-0.25, -0.2) is 0 Å². The Hall–Kier alpha value is -2.74. The van der Waals surface area contributed by atoms with Crippen molar-refractivity contribution in [2.75, 3.05) is 11.4 Å². The Labute approximate surface area is 152 Å². The fourth-order valence-electron chi connectivity index (χ4n) is 3.23. The summed E-state index contributed by atoms with van der Waals surface area (Å²) in [6.07, 6.45) is 0.892. The van der Waals surface area contributed by atoms with E-state index in [-0.39, 0.29) is 11.7 Å². The van der Waals surface area contributed by atoms with Crippen molar-refractivity contribution < 1.29 is 19.1 Å². The van der Waals surface area contributed by atoms with Crippen molar-refractivity contribution in [3.63, 3.8) is 0 Å². The standard InChI is InChI=1S/C18H24N4O4/c1-3-13(18(25)26-10(2)23)15(19)14-8-9-22(17(14)24)12-6-4-11(5-7-12)16(20)21/h4-7,13-15H,3,8-9,19H2,1-2H3,(H3,20,21). The first-order valence-electron chi connectivity index (χ1n) is 8.50. The predicted octanol–water partition coefficient (Wildman–Crippen LogP) is 0.767. The summed E-state index contributed by atoms with van der Waals surface area (Å²) in [7, 11) is 0. The van der Waals surface area contributed by atoms with Crippen LogP contribution < -0.4 is 16.4 Å². The van der Waals surface area contributed by atoms with Crippen LogP contribution >= 0.6 is 0 Å². The minimum Gasteiger partial charge on any atom is -0.393 e. The molecule has 0 aromatic heterocycles. The number of hydrogen-bond donors (Lipinski definition) is 3. The van der Waals surface area contributed by atoms with Crippen LogP contribution in [0.4, 0.5) is 5.69 Å². The van der Waals surface area contributed by atoms with Gasteiger partial charge in [-0.05, 0) is 37.1 Å². The van der Waals surface area contributed by atoms with Crippen molar-refractivity contribution in [3.8, 4) is 0 Å². The van der Waals surface area contributed by atoms with Gasteiger partial charge >= 0.3 is 11.9 Å². The minimum absolute atomic E-state index is 0.0426. The number of carbonyl (C=O) groups excluding carboxylic acids is 3. The van der Waals surface area contributed by atoms with E-state index in [9.17, 15) is 14.4 Å². The third-order valence-corrected chi connectivity index (χ3v) is 4.65. The molecule has 0 spiro atoms. The molecule has 26 heavy (non-hydrogen) atoms. The zero-order valence-corrected chi connectivity index (χ0v) is 14.9. The van der Waals surface area contributed by atoms with E-state index < -0.39 is 29.8 Å². The van der Waals surface area contributed by atoms with Gasteiger partial charge in [0.25, 0.3) is 0 Å². The third-order valence-electron chi connectivity index (χ3n) is 4.65. The van der Waals surface area contributed by atoms with E-state index in [2.05, 4.69) is 4.74 Å². The largest absolute Gasteiger partial charge is 0.393 e. The van der Waals surface area contributed by atoms with E-state index in [1.165, 1.54) is 0 Å². The van der Waals surface area contributed by atoms with Crippen LogP contribution in [0.5, 0.6) is 0 Å². The van der Waals surface area contributed by atoms with Crippen LogP contribution in [0.25, 0.3) is 0 Å². The Morgan fingerprint density at radius 3 is 2.46 bits per heavy atom. The Morgan fingerprint density at radius 2 is 1.96 bits per heavy atom. The van der Waals surface area contributed by atoms with Crippen molar-refractivity contribution in [1.29, 1.82) is 5.41 Å². The Morgan fingerprint density at radius 1 is 1.35 bits per heavy atom. The lowest BCUT2D eigenvalue weighted by Gasteiger charge is -2.25. The summed E-state index contributed by atoms with van der Waals surface area (Å²) >= 11 is 0. The Balaban J connectivity index is 2.12. The molecule has 8 nitrogen and oxygen atoms in total. The van der Waals surface area contributed by atoms with E-state index >= 15 is 0 Å². The second kappa shape index (κ2) is 8.09. The third kappa shape index (κ3) is 4.08. The maximum atomic E-state index is 12.8. The second-order valence-corrected chi connectivity index (χ2v) is 6.35. The first-order valence-corrected chi connectivity index (χ1v) is 8.50. The molecule has 3 atom stereocenters. The number of nitrogens with two attached hydrogens (primary N) is 2. The summed E-state index contributed by atoms with van der Waals surface area (Å²) in [6, 6.07) is 6.09. The number of amides is 1. The number of nitrogens with zero attached hydrogens (tertiary/aromatic N) is 1. The molecule has 5 N–H and O–H groups in total. The Kier molecular flexibility index (Phi) is 6.10. The molecule has 140 valence electrons. The summed E-state index contributed by atoms with van der Waals surface area (Å²) in [4.78, 5) is 37.5. The van der Waals surface area contributed by atoms with Crippen molar-refractivity contribution in [2.45, 2.75) is 32.7 Å². The van der Waals surface area contributed by atoms with Crippen LogP contribution in [0.15, 0.2) is 24.3 Å². The van der Waals surface area contributed by atoms with Crippen LogP contribution in [0.1, 0.15) is 32.3 Å². The molecule has 1 aromatic carbocycles. The molecule has 0 bridgehead atoms. The summed E-state index contributed by atoms with van der Waals surface area (Å²) in [5.74, 6) is -2.82. The molecule has 0 saturated carbocycles. The van der Waals surface area contributed by atoms with Crippen LogP contribution in [0.2, 0.25) is 0 Å². The SMILES string of the molecule is CCC(C(=O)OC(C)=O)C(N)C1CCN(c2ccc(C(=N)N)cc2)C1=O. The fourth-order valence-corrected chi connectivity index (χ4v) is 3.23. The highest BCUT2D eigenvalue weighted by molar-refractivity contribution is 5.99. The molecule has 3 unspecified atom stereocenters. The Bertz CT molecular complexity index is 716. The molecular formula is C18H24N4O4. The average Bonchev–Trinajstić information content (AvgIpc) is 2.96. The average molecular weight is 360 g/mol. The van der Waals surface area contributed by atoms with Crippen LogP contribution in [-0.4, -0.2) is 36.3 Å². The number of nitrogens with one attached hydrogen (secondary N) is 1. The quantitative estimate of drug-likeness (QED) is 0.296. The van der Waals surface area contributed by atoms with Gasteiger partial charge in [-0.1, -0.05) is 6.92 Å². The van der Waals surface area contributed by atoms with E-state index in [0.29, 0.717) is 30.6 Å². The van der Waals surface area contributed by atoms with Crippen molar-refractivity contribution >= 4 is 29.4 Å². The molecule has 1 aliphatic rings. The summed E-state index contributed by atoms with van der Waals surface area (Å²) in [5.41, 5.74) is 12.9. The maximum Gasteiger partial charge on any atom is 0.318 e. The molecule has 1 aromatic rings. The lowest BCUT2D eigenvalue weighted by Crippen LogP contribution is -2.45. The number of anilines is 1. The van der Waals surface area contributed by atoms with Crippen LogP contribution in [-0.2, 0) is 19.1 Å². The van der Waals surface area contributed by atoms with Gasteiger partial charge in [-0.2, -0.15) is 0 Å². The molecule has 1 saturated heterocycles. The lowest BCUT2D eigenvalue weighted by atomic mass is 9.86. The normalized spacial score (nSPS) is 19.1. The van der Waals surface area contributed by atoms with Crippen LogP contribution in [0, 0.1) is 17.2 Å². The van der Waals surface area contributed by atoms with Crippen LogP contribution in [0.3, 0.4) is 0 Å². The number of amidine groups is 1. The van der Waals surface area contributed by atoms with Gasteiger partial charge in [0, 0.05) is 30.8 Å². The highest BCUT2D eigenvalue weighted by atomic mass is 16.6. The first kappa shape index (κ1) is 19.6. The minimum atomic E-state index is -0.721. The molecule has 1 heterocycles. The van der Waals surface area contributed by atoms with Gasteiger partial charge in [0.05, 0.1) is 11.8 Å². The predicted molar refractivity (Wildman–Crippen MR) is 96.4 cm³/mol. The number of esters is 2. The summed E-state index contributed by atoms with van der Waals surface area (Å²) in [6.45, 7) is 3.40. The molecule has 0 aliphatic carbocycles. The van der Waals surface area contributed by atoms with Gasteiger partial charge in [-0.15, -0.1) is 0 Å². The van der Waals surface area contributed by atoms with Crippen molar-refractivity contribution in [2.24, 2.45) is 23.3 Å². The molecule has 8 heteroatoms. The number of nitrogen functional groups attached to an aromatic ring is 1. The summed E-state index contributed by atoms with van der Waals surface area (Å²) < 4.78 is 4.65. The maximum absolute atomic E-state index is 12.8. The van der Waals surface area contributed by atoms with Crippen molar-refractivity contribution in [1.82, 2.24) is 0 Å². The number of benzene rings is 1. The smallest absolute Gasteiger partial charge is 0.318 e. The second-order valence-electron chi connectivity index (χ2n) is 6.35. The molecule has 0 radical (unpaired) electrons. The van der Waals surface area contributed by atoms with Crippen molar-refractivity contribution in [3.05, 3.63) is 29.8 Å². The van der Waals surface area contributed by atoms with E-state index in [1.54, 1.807) is 36.1 Å². The van der Waals surface area contributed by atoms with Gasteiger partial charge < -0.3 is 21.1 Å². The fraction of sp³-hybridized carbons (Fsp3) is 0.444. The zero-order chi connectivity index (χ0) is 19.4. The molecule has 2 rings (SSSR count). The molecular weight excluding hydrogens is 336 g/mol. The number of carbonyl (C=O) groups is 3. The first-order chi connectivity index (χ1) is 12.3. The van der Waals surface area contributed by atoms with Gasteiger partial charge in [0.15, 0.2) is 0 Å². The number of rotatable bonds is 6. The topological polar surface area (TPSA) is 140 Å². The lowest BCUT2D eigenvalue weighted by molar-refractivity contribution is -0.162. The monoisotopic (exact) mass is 360 g/mol. The molecule has 1 aliphatic heterocycles. The van der Waals surface area contributed by atoms with Gasteiger partial charge in [0.1, 0.15) is 5.84 Å². The zero-order valence-electron chi connectivity index (χ0n) is 14.9. The molecule has 1 fully saturated rings. The van der Waals surface area contributed by atoms with E-state index in [0.717, 1.165) is 6.92 Å². The van der Waals surface area contributed by atoms with Gasteiger partial charge in [0.2, 0.25) is 5.91 Å².